The van der Waals surface area contributed by atoms with Crippen LogP contribution in [0.4, 0.5) is 14.5 Å². The van der Waals surface area contributed by atoms with E-state index in [4.69, 9.17) is 5.73 Å². The molecule has 7 nitrogen and oxygen atoms in total. The maximum absolute atomic E-state index is 15.8. The summed E-state index contributed by atoms with van der Waals surface area (Å²) in [6.45, 7) is 0.456. The minimum absolute atomic E-state index is 0.0828. The van der Waals surface area contributed by atoms with Gasteiger partial charge in [-0.2, -0.15) is 0 Å². The molecule has 32 heavy (non-hydrogen) atoms. The first kappa shape index (κ1) is 20.4. The maximum atomic E-state index is 15.8. The van der Waals surface area contributed by atoms with Crippen molar-refractivity contribution < 1.29 is 23.8 Å². The Morgan fingerprint density at radius 1 is 1.12 bits per heavy atom. The molecule has 1 saturated carbocycles. The zero-order valence-electron chi connectivity index (χ0n) is 17.0. The Morgan fingerprint density at radius 2 is 1.81 bits per heavy atom. The van der Waals surface area contributed by atoms with Gasteiger partial charge in [-0.25, -0.2) is 13.6 Å². The van der Waals surface area contributed by atoms with Gasteiger partial charge < -0.3 is 25.4 Å². The van der Waals surface area contributed by atoms with E-state index >= 15 is 8.78 Å². The number of hydrogen-bond donors (Lipinski definition) is 3. The molecule has 0 unspecified atom stereocenters. The number of carboxylic acids is 1. The molecule has 2 aromatic carbocycles. The van der Waals surface area contributed by atoms with Crippen LogP contribution in [0.25, 0.3) is 10.9 Å². The lowest BCUT2D eigenvalue weighted by Crippen LogP contribution is -2.29. The van der Waals surface area contributed by atoms with Crippen molar-refractivity contribution in [1.29, 1.82) is 0 Å². The predicted molar refractivity (Wildman–Crippen MR) is 114 cm³/mol. The summed E-state index contributed by atoms with van der Waals surface area (Å²) < 4.78 is 32.4. The molecule has 2 heterocycles. The van der Waals surface area contributed by atoms with Crippen LogP contribution < -0.4 is 16.1 Å². The van der Waals surface area contributed by atoms with Gasteiger partial charge in [0.25, 0.3) is 0 Å². The second-order valence-electron chi connectivity index (χ2n) is 8.50. The Kier molecular flexibility index (Phi) is 4.67. The molecule has 4 N–H and O–H groups in total. The van der Waals surface area contributed by atoms with E-state index in [-0.39, 0.29) is 47.4 Å². The quantitative estimate of drug-likeness (QED) is 0.575. The van der Waals surface area contributed by atoms with Gasteiger partial charge in [0.1, 0.15) is 22.8 Å². The standard InChI is InChI=1S/C23H21F2N3O4/c24-17-7-14-20(28(12-3-4-12)9-16(22(14)30)23(31)32)19(25)21(17)27-8-15(18(26)10-27)11-1-5-13(29)6-2-11/h1-2,5-7,9,12,15,18,29H,3-4,8,10,26H2,(H,31,32)/t15-,18+/m1/s1. The van der Waals surface area contributed by atoms with Gasteiger partial charge in [-0.15, -0.1) is 0 Å². The van der Waals surface area contributed by atoms with Crippen LogP contribution in [0.1, 0.15) is 40.7 Å². The first-order valence-electron chi connectivity index (χ1n) is 10.4. The number of hydrogen-bond acceptors (Lipinski definition) is 5. The van der Waals surface area contributed by atoms with E-state index in [1.54, 1.807) is 12.1 Å². The van der Waals surface area contributed by atoms with Crippen LogP contribution in [-0.2, 0) is 0 Å². The highest BCUT2D eigenvalue weighted by Gasteiger charge is 2.36. The van der Waals surface area contributed by atoms with Crippen LogP contribution in [0.2, 0.25) is 0 Å². The molecule has 1 saturated heterocycles. The van der Waals surface area contributed by atoms with Crippen LogP contribution in [0.5, 0.6) is 5.75 Å². The maximum Gasteiger partial charge on any atom is 0.341 e. The van der Waals surface area contributed by atoms with Crippen LogP contribution in [0, 0.1) is 11.6 Å². The number of benzene rings is 2. The summed E-state index contributed by atoms with van der Waals surface area (Å²) in [6.07, 6.45) is 2.60. The molecule has 0 spiro atoms. The van der Waals surface area contributed by atoms with Crippen molar-refractivity contribution in [3.05, 3.63) is 69.5 Å². The molecule has 1 aliphatic carbocycles. The monoisotopic (exact) mass is 441 g/mol. The highest BCUT2D eigenvalue weighted by molar-refractivity contribution is 5.94. The van der Waals surface area contributed by atoms with Crippen LogP contribution >= 0.6 is 0 Å². The van der Waals surface area contributed by atoms with Gasteiger partial charge in [-0.1, -0.05) is 12.1 Å². The minimum atomic E-state index is -1.43. The third-order valence-electron chi connectivity index (χ3n) is 6.36. The van der Waals surface area contributed by atoms with Crippen molar-refractivity contribution in [2.24, 2.45) is 5.73 Å². The van der Waals surface area contributed by atoms with E-state index in [9.17, 15) is 19.8 Å². The van der Waals surface area contributed by atoms with E-state index < -0.39 is 34.6 Å². The van der Waals surface area contributed by atoms with Gasteiger partial charge in [0.05, 0.1) is 10.9 Å². The number of aromatic nitrogens is 1. The number of aromatic hydroxyl groups is 1. The molecular formula is C23H21F2N3O4. The number of anilines is 1. The van der Waals surface area contributed by atoms with Crippen molar-refractivity contribution >= 4 is 22.6 Å². The minimum Gasteiger partial charge on any atom is -0.508 e. The Labute approximate surface area is 181 Å². The second-order valence-corrected chi connectivity index (χ2v) is 8.50. The highest BCUT2D eigenvalue weighted by atomic mass is 19.1. The first-order chi connectivity index (χ1) is 15.3. The first-order valence-corrected chi connectivity index (χ1v) is 10.4. The van der Waals surface area contributed by atoms with E-state index in [1.807, 2.05) is 0 Å². The molecule has 9 heteroatoms. The van der Waals surface area contributed by atoms with Gasteiger partial charge in [0.2, 0.25) is 5.43 Å². The lowest BCUT2D eigenvalue weighted by molar-refractivity contribution is 0.0694. The molecule has 1 aromatic heterocycles. The van der Waals surface area contributed by atoms with Gasteiger partial charge in [-0.05, 0) is 36.6 Å². The number of nitrogens with two attached hydrogens (primary N) is 1. The Bertz CT molecular complexity index is 1300. The van der Waals surface area contributed by atoms with Crippen molar-refractivity contribution in [2.45, 2.75) is 30.8 Å². The normalized spacial score (nSPS) is 20.8. The summed E-state index contributed by atoms with van der Waals surface area (Å²) >= 11 is 0. The lowest BCUT2D eigenvalue weighted by Gasteiger charge is -2.22. The largest absolute Gasteiger partial charge is 0.508 e. The number of nitrogens with zero attached hydrogens (tertiary/aromatic N) is 2. The van der Waals surface area contributed by atoms with Gasteiger partial charge >= 0.3 is 5.97 Å². The van der Waals surface area contributed by atoms with Crippen molar-refractivity contribution in [1.82, 2.24) is 4.57 Å². The fourth-order valence-electron chi connectivity index (χ4n) is 4.60. The van der Waals surface area contributed by atoms with Gasteiger partial charge in [-0.3, -0.25) is 4.79 Å². The highest BCUT2D eigenvalue weighted by Crippen LogP contribution is 2.41. The van der Waals surface area contributed by atoms with Crippen molar-refractivity contribution in [3.63, 3.8) is 0 Å². The summed E-state index contributed by atoms with van der Waals surface area (Å²) in [4.78, 5) is 25.7. The van der Waals surface area contributed by atoms with Crippen LogP contribution in [0.3, 0.4) is 0 Å². The third kappa shape index (κ3) is 3.20. The summed E-state index contributed by atoms with van der Waals surface area (Å²) in [5.41, 5.74) is 5.36. The molecule has 2 atom stereocenters. The Balaban J connectivity index is 1.63. The van der Waals surface area contributed by atoms with Crippen LogP contribution in [-0.4, -0.2) is 39.9 Å². The third-order valence-corrected chi connectivity index (χ3v) is 6.36. The molecular weight excluding hydrogens is 420 g/mol. The number of carbonyl (C=O) groups is 1. The number of rotatable bonds is 4. The van der Waals surface area contributed by atoms with E-state index in [1.165, 1.54) is 21.6 Å². The number of phenols is 1. The number of halogens is 2. The summed E-state index contributed by atoms with van der Waals surface area (Å²) in [5.74, 6) is -3.35. The fraction of sp³-hybridized carbons (Fsp3) is 0.304. The number of aromatic carboxylic acids is 1. The number of carboxylic acid groups (broad SMARTS) is 1. The topological polar surface area (TPSA) is 109 Å². The number of pyridine rings is 1. The van der Waals surface area contributed by atoms with Crippen molar-refractivity contribution in [3.8, 4) is 5.75 Å². The predicted octanol–water partition coefficient (Wildman–Crippen LogP) is 2.95. The SMILES string of the molecule is N[C@H]1CN(c2c(F)cc3c(=O)c(C(=O)O)cn(C4CC4)c3c2F)C[C@@H]1c1ccc(O)cc1. The Morgan fingerprint density at radius 3 is 2.44 bits per heavy atom. The fourth-order valence-corrected chi connectivity index (χ4v) is 4.60. The molecule has 2 aliphatic rings. The Hall–Kier alpha value is -3.46. The van der Waals surface area contributed by atoms with Gasteiger partial charge in [0, 0.05) is 37.3 Å². The van der Waals surface area contributed by atoms with E-state index in [0.29, 0.717) is 0 Å². The lowest BCUT2D eigenvalue weighted by atomic mass is 9.95. The van der Waals surface area contributed by atoms with E-state index in [0.717, 1.165) is 30.7 Å². The van der Waals surface area contributed by atoms with Crippen LogP contribution in [0.15, 0.2) is 41.3 Å². The molecule has 3 aromatic rings. The molecule has 166 valence electrons. The summed E-state index contributed by atoms with van der Waals surface area (Å²) in [6, 6.07) is 6.94. The van der Waals surface area contributed by atoms with Gasteiger partial charge in [0.15, 0.2) is 5.82 Å². The molecule has 0 amide bonds. The summed E-state index contributed by atoms with van der Waals surface area (Å²) in [7, 11) is 0. The number of fused-ring (bicyclic) bond motifs is 1. The van der Waals surface area contributed by atoms with E-state index in [2.05, 4.69) is 0 Å². The molecule has 1 aliphatic heterocycles. The second kappa shape index (κ2) is 7.30. The summed E-state index contributed by atoms with van der Waals surface area (Å²) in [5, 5.41) is 18.6. The number of phenolic OH excluding ortho intramolecular Hbond substituents is 1. The zero-order chi connectivity index (χ0) is 22.7. The molecule has 0 bridgehead atoms. The van der Waals surface area contributed by atoms with Crippen molar-refractivity contribution in [2.75, 3.05) is 18.0 Å². The average molecular weight is 441 g/mol. The molecule has 5 rings (SSSR count). The molecule has 0 radical (unpaired) electrons. The molecule has 2 fully saturated rings. The smallest absolute Gasteiger partial charge is 0.341 e. The zero-order valence-corrected chi connectivity index (χ0v) is 17.0. The average Bonchev–Trinajstić information content (AvgIpc) is 3.52.